The fourth-order valence-corrected chi connectivity index (χ4v) is 2.26. The van der Waals surface area contributed by atoms with Gasteiger partial charge in [-0.25, -0.2) is 4.39 Å². The molecule has 0 saturated carbocycles. The van der Waals surface area contributed by atoms with Crippen LogP contribution in [0.2, 0.25) is 0 Å². The van der Waals surface area contributed by atoms with Crippen LogP contribution in [0.3, 0.4) is 0 Å². The summed E-state index contributed by atoms with van der Waals surface area (Å²) in [6.45, 7) is 0.458. The zero-order chi connectivity index (χ0) is 9.14. The standard InChI is InChI=1S/C8H8Br2FN/c9-6-3-5(1-2-12)8(11)7(10)4-6/h3-4H,1-2,12H2. The van der Waals surface area contributed by atoms with Crippen molar-refractivity contribution in [2.24, 2.45) is 5.73 Å². The Morgan fingerprint density at radius 3 is 2.58 bits per heavy atom. The summed E-state index contributed by atoms with van der Waals surface area (Å²) in [5.74, 6) is -0.219. The summed E-state index contributed by atoms with van der Waals surface area (Å²) in [6.07, 6.45) is 0.559. The molecule has 0 fully saturated rings. The van der Waals surface area contributed by atoms with Crippen LogP contribution in [0.25, 0.3) is 0 Å². The van der Waals surface area contributed by atoms with Gasteiger partial charge in [-0.3, -0.25) is 0 Å². The highest BCUT2D eigenvalue weighted by atomic mass is 79.9. The van der Waals surface area contributed by atoms with E-state index in [-0.39, 0.29) is 5.82 Å². The Kier molecular flexibility index (Phi) is 3.68. The maximum Gasteiger partial charge on any atom is 0.140 e. The van der Waals surface area contributed by atoms with E-state index in [4.69, 9.17) is 5.73 Å². The van der Waals surface area contributed by atoms with Gasteiger partial charge in [0.1, 0.15) is 5.82 Å². The Balaban J connectivity index is 3.09. The Hall–Kier alpha value is 0.0700. The molecule has 66 valence electrons. The van der Waals surface area contributed by atoms with E-state index in [0.717, 1.165) is 4.47 Å². The molecule has 12 heavy (non-hydrogen) atoms. The Morgan fingerprint density at radius 1 is 1.33 bits per heavy atom. The summed E-state index contributed by atoms with van der Waals surface area (Å²) in [6, 6.07) is 3.42. The molecule has 0 aliphatic carbocycles. The normalized spacial score (nSPS) is 10.3. The Labute approximate surface area is 87.4 Å². The van der Waals surface area contributed by atoms with E-state index in [1.165, 1.54) is 0 Å². The number of rotatable bonds is 2. The van der Waals surface area contributed by atoms with Crippen molar-refractivity contribution in [1.82, 2.24) is 0 Å². The average Bonchev–Trinajstić information content (AvgIpc) is 2.00. The monoisotopic (exact) mass is 295 g/mol. The van der Waals surface area contributed by atoms with E-state index in [2.05, 4.69) is 31.9 Å². The summed E-state index contributed by atoms with van der Waals surface area (Å²) in [7, 11) is 0. The molecule has 1 aromatic rings. The molecule has 0 aliphatic rings. The van der Waals surface area contributed by atoms with E-state index in [9.17, 15) is 4.39 Å². The zero-order valence-corrected chi connectivity index (χ0v) is 9.45. The minimum Gasteiger partial charge on any atom is -0.330 e. The lowest BCUT2D eigenvalue weighted by molar-refractivity contribution is 0.602. The second-order valence-corrected chi connectivity index (χ2v) is 4.17. The van der Waals surface area contributed by atoms with Crippen molar-refractivity contribution in [3.63, 3.8) is 0 Å². The van der Waals surface area contributed by atoms with Crippen molar-refractivity contribution < 1.29 is 4.39 Å². The minimum absolute atomic E-state index is 0.219. The molecule has 4 heteroatoms. The van der Waals surface area contributed by atoms with E-state index >= 15 is 0 Å². The predicted octanol–water partition coefficient (Wildman–Crippen LogP) is 2.85. The van der Waals surface area contributed by atoms with Crippen LogP contribution in [-0.2, 0) is 6.42 Å². The van der Waals surface area contributed by atoms with E-state index in [1.807, 2.05) is 0 Å². The van der Waals surface area contributed by atoms with E-state index in [0.29, 0.717) is 23.0 Å². The number of benzene rings is 1. The van der Waals surface area contributed by atoms with Crippen molar-refractivity contribution in [3.8, 4) is 0 Å². The molecule has 0 aliphatic heterocycles. The molecule has 0 radical (unpaired) electrons. The van der Waals surface area contributed by atoms with Gasteiger partial charge in [-0.15, -0.1) is 0 Å². The first kappa shape index (κ1) is 10.2. The molecule has 2 N–H and O–H groups in total. The minimum atomic E-state index is -0.219. The molecule has 0 heterocycles. The van der Waals surface area contributed by atoms with Gasteiger partial charge in [0.15, 0.2) is 0 Å². The van der Waals surface area contributed by atoms with Crippen LogP contribution in [0.1, 0.15) is 5.56 Å². The zero-order valence-electron chi connectivity index (χ0n) is 6.28. The van der Waals surface area contributed by atoms with Crippen molar-refractivity contribution >= 4 is 31.9 Å². The van der Waals surface area contributed by atoms with Gasteiger partial charge in [-0.05, 0) is 46.6 Å². The van der Waals surface area contributed by atoms with Gasteiger partial charge in [-0.2, -0.15) is 0 Å². The Bertz CT molecular complexity index is 289. The van der Waals surface area contributed by atoms with Gasteiger partial charge in [0.2, 0.25) is 0 Å². The van der Waals surface area contributed by atoms with Gasteiger partial charge in [0.25, 0.3) is 0 Å². The number of halogens is 3. The topological polar surface area (TPSA) is 26.0 Å². The smallest absolute Gasteiger partial charge is 0.140 e. The van der Waals surface area contributed by atoms with Gasteiger partial charge in [-0.1, -0.05) is 15.9 Å². The first-order chi connectivity index (χ1) is 5.65. The van der Waals surface area contributed by atoms with Crippen LogP contribution < -0.4 is 5.73 Å². The lowest BCUT2D eigenvalue weighted by atomic mass is 10.1. The van der Waals surface area contributed by atoms with Crippen molar-refractivity contribution in [3.05, 3.63) is 32.5 Å². The largest absolute Gasteiger partial charge is 0.330 e. The van der Waals surface area contributed by atoms with E-state index < -0.39 is 0 Å². The van der Waals surface area contributed by atoms with Crippen molar-refractivity contribution in [2.75, 3.05) is 6.54 Å². The third-order valence-electron chi connectivity index (χ3n) is 1.48. The van der Waals surface area contributed by atoms with Crippen LogP contribution >= 0.6 is 31.9 Å². The summed E-state index contributed by atoms with van der Waals surface area (Å²) in [4.78, 5) is 0. The quantitative estimate of drug-likeness (QED) is 0.835. The summed E-state index contributed by atoms with van der Waals surface area (Å²) in [5, 5.41) is 0. The fourth-order valence-electron chi connectivity index (χ4n) is 0.947. The summed E-state index contributed by atoms with van der Waals surface area (Å²) in [5.41, 5.74) is 5.97. The molecule has 0 atom stereocenters. The highest BCUT2D eigenvalue weighted by molar-refractivity contribution is 9.11. The molecular formula is C8H8Br2FN. The summed E-state index contributed by atoms with van der Waals surface area (Å²) < 4.78 is 14.6. The lowest BCUT2D eigenvalue weighted by Crippen LogP contribution is -2.04. The third kappa shape index (κ3) is 2.28. The van der Waals surface area contributed by atoms with Gasteiger partial charge in [0.05, 0.1) is 4.47 Å². The SMILES string of the molecule is NCCc1cc(Br)cc(Br)c1F. The molecule has 1 aromatic carbocycles. The fraction of sp³-hybridized carbons (Fsp3) is 0.250. The maximum atomic E-state index is 13.2. The Morgan fingerprint density at radius 2 is 2.00 bits per heavy atom. The van der Waals surface area contributed by atoms with Crippen LogP contribution in [0.5, 0.6) is 0 Å². The molecule has 0 aromatic heterocycles. The highest BCUT2D eigenvalue weighted by Crippen LogP contribution is 2.24. The van der Waals surface area contributed by atoms with Crippen molar-refractivity contribution in [2.45, 2.75) is 6.42 Å². The van der Waals surface area contributed by atoms with Crippen LogP contribution in [0.4, 0.5) is 4.39 Å². The molecule has 0 saturated heterocycles. The molecule has 1 rings (SSSR count). The molecular weight excluding hydrogens is 289 g/mol. The van der Waals surface area contributed by atoms with Gasteiger partial charge < -0.3 is 5.73 Å². The second-order valence-electron chi connectivity index (χ2n) is 2.40. The molecule has 0 bridgehead atoms. The highest BCUT2D eigenvalue weighted by Gasteiger charge is 2.06. The molecule has 0 amide bonds. The van der Waals surface area contributed by atoms with Gasteiger partial charge >= 0.3 is 0 Å². The van der Waals surface area contributed by atoms with Crippen LogP contribution in [0.15, 0.2) is 21.1 Å². The van der Waals surface area contributed by atoms with E-state index in [1.54, 1.807) is 12.1 Å². The molecule has 0 spiro atoms. The number of hydrogen-bond donors (Lipinski definition) is 1. The van der Waals surface area contributed by atoms with Crippen molar-refractivity contribution in [1.29, 1.82) is 0 Å². The number of hydrogen-bond acceptors (Lipinski definition) is 1. The van der Waals surface area contributed by atoms with Gasteiger partial charge in [0, 0.05) is 4.47 Å². The molecule has 1 nitrogen and oxygen atoms in total. The second kappa shape index (κ2) is 4.35. The van der Waals surface area contributed by atoms with Crippen LogP contribution in [0, 0.1) is 5.82 Å². The first-order valence-electron chi connectivity index (χ1n) is 3.48. The predicted molar refractivity (Wildman–Crippen MR) is 54.6 cm³/mol. The maximum absolute atomic E-state index is 13.2. The summed E-state index contributed by atoms with van der Waals surface area (Å²) >= 11 is 6.40. The van der Waals surface area contributed by atoms with Crippen LogP contribution in [-0.4, -0.2) is 6.54 Å². The number of nitrogens with two attached hydrogens (primary N) is 1. The molecule has 0 unspecified atom stereocenters. The third-order valence-corrected chi connectivity index (χ3v) is 2.52. The average molecular weight is 297 g/mol. The first-order valence-corrected chi connectivity index (χ1v) is 5.07. The lowest BCUT2D eigenvalue weighted by Gasteiger charge is -2.03.